The first-order chi connectivity index (χ1) is 8.43. The van der Waals surface area contributed by atoms with Gasteiger partial charge in [0, 0.05) is 17.1 Å². The zero-order valence-corrected chi connectivity index (χ0v) is 11.5. The highest BCUT2D eigenvalue weighted by molar-refractivity contribution is 6.30. The van der Waals surface area contributed by atoms with Crippen molar-refractivity contribution in [2.45, 2.75) is 25.8 Å². The van der Waals surface area contributed by atoms with Crippen molar-refractivity contribution in [3.8, 4) is 5.75 Å². The summed E-state index contributed by atoms with van der Waals surface area (Å²) < 4.78 is 5.43. The summed E-state index contributed by atoms with van der Waals surface area (Å²) in [6.45, 7) is 4.49. The average molecular weight is 271 g/mol. The van der Waals surface area contributed by atoms with Crippen LogP contribution in [-0.4, -0.2) is 24.6 Å². The molecule has 4 nitrogen and oxygen atoms in total. The highest BCUT2D eigenvalue weighted by Gasteiger charge is 2.17. The molecule has 0 radical (unpaired) electrons. The summed E-state index contributed by atoms with van der Waals surface area (Å²) in [6, 6.07) is 7.02. The van der Waals surface area contributed by atoms with Crippen LogP contribution in [0.1, 0.15) is 20.3 Å². The van der Waals surface area contributed by atoms with E-state index >= 15 is 0 Å². The van der Waals surface area contributed by atoms with Crippen molar-refractivity contribution < 1.29 is 9.53 Å². The van der Waals surface area contributed by atoms with Crippen molar-refractivity contribution in [1.82, 2.24) is 5.32 Å². The van der Waals surface area contributed by atoms with Crippen LogP contribution in [0.25, 0.3) is 0 Å². The quantitative estimate of drug-likeness (QED) is 0.831. The van der Waals surface area contributed by atoms with Crippen LogP contribution in [-0.2, 0) is 4.79 Å². The first-order valence-electron chi connectivity index (χ1n) is 5.82. The molecule has 1 aromatic carbocycles. The van der Waals surface area contributed by atoms with Crippen LogP contribution in [0.5, 0.6) is 5.75 Å². The van der Waals surface area contributed by atoms with Gasteiger partial charge in [0.1, 0.15) is 5.75 Å². The van der Waals surface area contributed by atoms with Gasteiger partial charge in [-0.1, -0.05) is 11.6 Å². The molecule has 0 saturated carbocycles. The number of carbonyl (C=O) groups is 1. The lowest BCUT2D eigenvalue weighted by molar-refractivity contribution is -0.123. The Morgan fingerprint density at radius 3 is 2.56 bits per heavy atom. The van der Waals surface area contributed by atoms with Crippen molar-refractivity contribution in [2.24, 2.45) is 5.73 Å². The van der Waals surface area contributed by atoms with E-state index in [1.807, 2.05) is 13.8 Å². The van der Waals surface area contributed by atoms with E-state index in [2.05, 4.69) is 5.32 Å². The van der Waals surface area contributed by atoms with E-state index in [0.717, 1.165) is 0 Å². The van der Waals surface area contributed by atoms with Gasteiger partial charge in [-0.05, 0) is 38.1 Å². The molecule has 1 rings (SSSR count). The Morgan fingerprint density at radius 2 is 2.00 bits per heavy atom. The molecule has 0 saturated heterocycles. The van der Waals surface area contributed by atoms with Gasteiger partial charge in [-0.25, -0.2) is 0 Å². The molecular weight excluding hydrogens is 252 g/mol. The molecule has 0 unspecified atom stereocenters. The monoisotopic (exact) mass is 270 g/mol. The first kappa shape index (κ1) is 14.8. The summed E-state index contributed by atoms with van der Waals surface area (Å²) in [6.07, 6.45) is 0.298. The van der Waals surface area contributed by atoms with Crippen molar-refractivity contribution in [3.63, 3.8) is 0 Å². The SMILES string of the molecule is CC(C)(CN)NC(=O)CCOc1ccc(Cl)cc1. The highest BCUT2D eigenvalue weighted by Crippen LogP contribution is 2.15. The van der Waals surface area contributed by atoms with Gasteiger partial charge < -0.3 is 15.8 Å². The predicted molar refractivity (Wildman–Crippen MR) is 72.8 cm³/mol. The fourth-order valence-corrected chi connectivity index (χ4v) is 1.41. The van der Waals surface area contributed by atoms with Gasteiger partial charge in [0.05, 0.1) is 13.0 Å². The molecule has 0 atom stereocenters. The lowest BCUT2D eigenvalue weighted by atomic mass is 10.1. The van der Waals surface area contributed by atoms with Crippen molar-refractivity contribution >= 4 is 17.5 Å². The molecule has 3 N–H and O–H groups in total. The maximum Gasteiger partial charge on any atom is 0.223 e. The topological polar surface area (TPSA) is 64.3 Å². The number of nitrogens with one attached hydrogen (secondary N) is 1. The summed E-state index contributed by atoms with van der Waals surface area (Å²) >= 11 is 5.75. The molecule has 1 aromatic rings. The molecule has 1 amide bonds. The van der Waals surface area contributed by atoms with Gasteiger partial charge in [-0.15, -0.1) is 0 Å². The Morgan fingerprint density at radius 1 is 1.39 bits per heavy atom. The van der Waals surface area contributed by atoms with E-state index in [9.17, 15) is 4.79 Å². The molecule has 5 heteroatoms. The second-order valence-electron chi connectivity index (χ2n) is 4.69. The molecule has 0 fully saturated rings. The Hall–Kier alpha value is -1.26. The molecule has 0 heterocycles. The Kier molecular flexibility index (Phi) is 5.44. The molecule has 0 aliphatic heterocycles. The van der Waals surface area contributed by atoms with Gasteiger partial charge in [-0.2, -0.15) is 0 Å². The maximum atomic E-state index is 11.6. The summed E-state index contributed by atoms with van der Waals surface area (Å²) in [4.78, 5) is 11.6. The minimum Gasteiger partial charge on any atom is -0.493 e. The van der Waals surface area contributed by atoms with Gasteiger partial charge in [-0.3, -0.25) is 4.79 Å². The fraction of sp³-hybridized carbons (Fsp3) is 0.462. The van der Waals surface area contributed by atoms with Crippen molar-refractivity contribution in [1.29, 1.82) is 0 Å². The molecular formula is C13H19ClN2O2. The molecule has 0 aromatic heterocycles. The molecule has 0 bridgehead atoms. The number of ether oxygens (including phenoxy) is 1. The van der Waals surface area contributed by atoms with E-state index in [0.29, 0.717) is 30.3 Å². The van der Waals surface area contributed by atoms with Gasteiger partial charge in [0.2, 0.25) is 5.91 Å². The van der Waals surface area contributed by atoms with Gasteiger partial charge in [0.15, 0.2) is 0 Å². The zero-order chi connectivity index (χ0) is 13.6. The Labute approximate surface area is 112 Å². The van der Waals surface area contributed by atoms with E-state index in [1.54, 1.807) is 24.3 Å². The summed E-state index contributed by atoms with van der Waals surface area (Å²) in [5.74, 6) is 0.629. The van der Waals surface area contributed by atoms with Crippen LogP contribution in [0.4, 0.5) is 0 Å². The number of carbonyl (C=O) groups excluding carboxylic acids is 1. The number of halogens is 1. The number of nitrogens with two attached hydrogens (primary N) is 1. The van der Waals surface area contributed by atoms with Crippen LogP contribution in [0.2, 0.25) is 5.02 Å². The third kappa shape index (κ3) is 5.38. The second-order valence-corrected chi connectivity index (χ2v) is 5.13. The fourth-order valence-electron chi connectivity index (χ4n) is 1.28. The molecule has 18 heavy (non-hydrogen) atoms. The lowest BCUT2D eigenvalue weighted by Crippen LogP contribution is -2.49. The third-order valence-electron chi connectivity index (χ3n) is 2.40. The molecule has 100 valence electrons. The summed E-state index contributed by atoms with van der Waals surface area (Å²) in [7, 11) is 0. The van der Waals surface area contributed by atoms with Crippen LogP contribution < -0.4 is 15.8 Å². The number of benzene rings is 1. The zero-order valence-electron chi connectivity index (χ0n) is 10.7. The van der Waals surface area contributed by atoms with Crippen LogP contribution in [0, 0.1) is 0 Å². The maximum absolute atomic E-state index is 11.6. The number of hydrogen-bond acceptors (Lipinski definition) is 3. The third-order valence-corrected chi connectivity index (χ3v) is 2.65. The average Bonchev–Trinajstić information content (AvgIpc) is 2.31. The number of hydrogen-bond donors (Lipinski definition) is 2. The molecule has 0 aliphatic rings. The summed E-state index contributed by atoms with van der Waals surface area (Å²) in [5.41, 5.74) is 5.15. The highest BCUT2D eigenvalue weighted by atomic mass is 35.5. The number of amides is 1. The van der Waals surface area contributed by atoms with E-state index in [4.69, 9.17) is 22.1 Å². The van der Waals surface area contributed by atoms with Crippen molar-refractivity contribution in [3.05, 3.63) is 29.3 Å². The Bertz CT molecular complexity index is 390. The lowest BCUT2D eigenvalue weighted by Gasteiger charge is -2.24. The van der Waals surface area contributed by atoms with Crippen LogP contribution >= 0.6 is 11.6 Å². The second kappa shape index (κ2) is 6.61. The van der Waals surface area contributed by atoms with Crippen LogP contribution in [0.15, 0.2) is 24.3 Å². The minimum atomic E-state index is -0.378. The van der Waals surface area contributed by atoms with Crippen LogP contribution in [0.3, 0.4) is 0 Å². The van der Waals surface area contributed by atoms with E-state index < -0.39 is 0 Å². The van der Waals surface area contributed by atoms with E-state index in [1.165, 1.54) is 0 Å². The van der Waals surface area contributed by atoms with Crippen molar-refractivity contribution in [2.75, 3.05) is 13.2 Å². The predicted octanol–water partition coefficient (Wildman–Crippen LogP) is 1.96. The number of rotatable bonds is 6. The normalized spacial score (nSPS) is 11.1. The van der Waals surface area contributed by atoms with Gasteiger partial charge in [0.25, 0.3) is 0 Å². The molecule has 0 spiro atoms. The van der Waals surface area contributed by atoms with Gasteiger partial charge >= 0.3 is 0 Å². The Balaban J connectivity index is 2.29. The smallest absolute Gasteiger partial charge is 0.223 e. The first-order valence-corrected chi connectivity index (χ1v) is 6.20. The standard InChI is InChI=1S/C13H19ClN2O2/c1-13(2,9-15)16-12(17)7-8-18-11-5-3-10(14)4-6-11/h3-6H,7-9,15H2,1-2H3,(H,16,17). The molecule has 0 aliphatic carbocycles. The summed E-state index contributed by atoms with van der Waals surface area (Å²) in [5, 5.41) is 3.49. The minimum absolute atomic E-state index is 0.0700. The van der Waals surface area contributed by atoms with E-state index in [-0.39, 0.29) is 11.4 Å². The largest absolute Gasteiger partial charge is 0.493 e.